The first-order valence-corrected chi connectivity index (χ1v) is 6.56. The van der Waals surface area contributed by atoms with Crippen molar-refractivity contribution in [2.75, 3.05) is 18.4 Å². The molecular weight excluding hydrogens is 228 g/mol. The summed E-state index contributed by atoms with van der Waals surface area (Å²) in [6.07, 6.45) is 4.59. The molecule has 0 radical (unpaired) electrons. The molecule has 1 aromatic rings. The van der Waals surface area contributed by atoms with Gasteiger partial charge in [-0.2, -0.15) is 0 Å². The minimum atomic E-state index is 0.228. The Hall–Kier alpha value is -1.65. The van der Waals surface area contributed by atoms with Gasteiger partial charge in [0.05, 0.1) is 0 Å². The molecule has 18 heavy (non-hydrogen) atoms. The maximum atomic E-state index is 11.9. The summed E-state index contributed by atoms with van der Waals surface area (Å²) in [5.41, 5.74) is 0.958. The van der Waals surface area contributed by atoms with Crippen molar-refractivity contribution in [1.82, 2.24) is 14.9 Å². The van der Waals surface area contributed by atoms with E-state index in [0.717, 1.165) is 37.4 Å². The number of nitrogens with zero attached hydrogens (tertiary/aromatic N) is 3. The number of likely N-dealkylation sites (tertiary alicyclic amines) is 1. The largest absolute Gasteiger partial charge is 0.367 e. The van der Waals surface area contributed by atoms with Crippen LogP contribution in [0.25, 0.3) is 0 Å². The van der Waals surface area contributed by atoms with E-state index < -0.39 is 0 Å². The second kappa shape index (κ2) is 4.55. The topological polar surface area (TPSA) is 58.1 Å². The molecule has 3 rings (SSSR count). The van der Waals surface area contributed by atoms with Gasteiger partial charge in [-0.05, 0) is 26.2 Å². The van der Waals surface area contributed by atoms with E-state index in [1.807, 2.05) is 17.9 Å². The summed E-state index contributed by atoms with van der Waals surface area (Å²) in [6.45, 7) is 3.86. The zero-order valence-corrected chi connectivity index (χ0v) is 10.6. The third-order valence-electron chi connectivity index (χ3n) is 3.81. The van der Waals surface area contributed by atoms with Crippen LogP contribution in [0.3, 0.4) is 0 Å². The molecule has 5 nitrogen and oxygen atoms in total. The fourth-order valence-corrected chi connectivity index (χ4v) is 2.47. The Bertz CT molecular complexity index is 452. The molecule has 0 unspecified atom stereocenters. The number of hydrogen-bond donors (Lipinski definition) is 1. The van der Waals surface area contributed by atoms with Crippen LogP contribution in [0.4, 0.5) is 5.82 Å². The van der Waals surface area contributed by atoms with Crippen LogP contribution in [0, 0.1) is 12.8 Å². The minimum Gasteiger partial charge on any atom is -0.367 e. The van der Waals surface area contributed by atoms with E-state index in [1.165, 1.54) is 6.42 Å². The quantitative estimate of drug-likeness (QED) is 0.871. The molecule has 1 amide bonds. The van der Waals surface area contributed by atoms with Crippen molar-refractivity contribution in [2.45, 2.75) is 32.2 Å². The number of carbonyl (C=O) groups is 1. The Morgan fingerprint density at radius 2 is 2.17 bits per heavy atom. The minimum absolute atomic E-state index is 0.228. The lowest BCUT2D eigenvalue weighted by Gasteiger charge is -2.41. The summed E-state index contributed by atoms with van der Waals surface area (Å²) in [4.78, 5) is 22.1. The molecule has 96 valence electrons. The van der Waals surface area contributed by atoms with E-state index in [4.69, 9.17) is 0 Å². The molecule has 0 bridgehead atoms. The second-order valence-electron chi connectivity index (χ2n) is 5.23. The molecular formula is C13H18N4O. The third kappa shape index (κ3) is 2.17. The van der Waals surface area contributed by atoms with Gasteiger partial charge in [0.25, 0.3) is 0 Å². The number of nitrogens with one attached hydrogen (secondary N) is 1. The van der Waals surface area contributed by atoms with Crippen LogP contribution in [0.2, 0.25) is 0 Å². The Morgan fingerprint density at radius 1 is 1.39 bits per heavy atom. The molecule has 1 saturated carbocycles. The van der Waals surface area contributed by atoms with Gasteiger partial charge in [-0.3, -0.25) is 4.79 Å². The molecule has 0 spiro atoms. The first kappa shape index (κ1) is 11.4. The molecule has 1 aliphatic heterocycles. The van der Waals surface area contributed by atoms with Crippen molar-refractivity contribution in [3.05, 3.63) is 18.1 Å². The Labute approximate surface area is 107 Å². The summed E-state index contributed by atoms with van der Waals surface area (Å²) in [5, 5.41) is 3.36. The highest BCUT2D eigenvalue weighted by atomic mass is 16.2. The van der Waals surface area contributed by atoms with Gasteiger partial charge in [0.1, 0.15) is 12.1 Å². The highest BCUT2D eigenvalue weighted by molar-refractivity contribution is 5.80. The maximum Gasteiger partial charge on any atom is 0.225 e. The fraction of sp³-hybridized carbons (Fsp3) is 0.615. The zero-order valence-electron chi connectivity index (χ0n) is 10.6. The molecule has 2 heterocycles. The van der Waals surface area contributed by atoms with Crippen LogP contribution in [0.1, 0.15) is 25.0 Å². The van der Waals surface area contributed by atoms with Crippen molar-refractivity contribution < 1.29 is 4.79 Å². The van der Waals surface area contributed by atoms with E-state index >= 15 is 0 Å². The summed E-state index contributed by atoms with van der Waals surface area (Å²) >= 11 is 0. The van der Waals surface area contributed by atoms with Crippen molar-refractivity contribution in [2.24, 2.45) is 5.92 Å². The number of hydrogen-bond acceptors (Lipinski definition) is 4. The summed E-state index contributed by atoms with van der Waals surface area (Å²) < 4.78 is 0. The normalized spacial score (nSPS) is 26.2. The van der Waals surface area contributed by atoms with E-state index in [1.54, 1.807) is 6.33 Å². The van der Waals surface area contributed by atoms with Gasteiger partial charge in [-0.1, -0.05) is 0 Å². The van der Waals surface area contributed by atoms with Crippen LogP contribution in [-0.2, 0) is 4.79 Å². The number of amides is 1. The van der Waals surface area contributed by atoms with Crippen molar-refractivity contribution in [3.63, 3.8) is 0 Å². The third-order valence-corrected chi connectivity index (χ3v) is 3.81. The molecule has 0 aromatic carbocycles. The van der Waals surface area contributed by atoms with Crippen molar-refractivity contribution in [3.8, 4) is 0 Å². The molecule has 1 saturated heterocycles. The van der Waals surface area contributed by atoms with Gasteiger partial charge in [-0.15, -0.1) is 0 Å². The SMILES string of the molecule is Cc1cc(N[C@H]2C[C@H](C(=O)N3CCC3)C2)ncn1. The van der Waals surface area contributed by atoms with Crippen molar-refractivity contribution >= 4 is 11.7 Å². The Morgan fingerprint density at radius 3 is 2.78 bits per heavy atom. The van der Waals surface area contributed by atoms with E-state index in [2.05, 4.69) is 15.3 Å². The zero-order chi connectivity index (χ0) is 12.5. The number of anilines is 1. The molecule has 5 heteroatoms. The second-order valence-corrected chi connectivity index (χ2v) is 5.23. The summed E-state index contributed by atoms with van der Waals surface area (Å²) in [5.74, 6) is 1.44. The molecule has 1 N–H and O–H groups in total. The lowest BCUT2D eigenvalue weighted by Crippen LogP contribution is -2.50. The van der Waals surface area contributed by atoms with E-state index in [0.29, 0.717) is 11.9 Å². The van der Waals surface area contributed by atoms with Crippen LogP contribution in [-0.4, -0.2) is 39.9 Å². The molecule has 1 aliphatic carbocycles. The summed E-state index contributed by atoms with van der Waals surface area (Å²) in [6, 6.07) is 2.32. The van der Waals surface area contributed by atoms with Crippen LogP contribution >= 0.6 is 0 Å². The number of rotatable bonds is 3. The Kier molecular flexibility index (Phi) is 2.89. The molecule has 0 atom stereocenters. The van der Waals surface area contributed by atoms with Gasteiger partial charge in [0, 0.05) is 36.8 Å². The number of carbonyl (C=O) groups excluding carboxylic acids is 1. The van der Waals surface area contributed by atoms with Crippen molar-refractivity contribution in [1.29, 1.82) is 0 Å². The van der Waals surface area contributed by atoms with Gasteiger partial charge in [-0.25, -0.2) is 9.97 Å². The Balaban J connectivity index is 1.49. The first-order chi connectivity index (χ1) is 8.72. The average molecular weight is 246 g/mol. The smallest absolute Gasteiger partial charge is 0.225 e. The summed E-state index contributed by atoms with van der Waals surface area (Å²) in [7, 11) is 0. The van der Waals surface area contributed by atoms with E-state index in [-0.39, 0.29) is 5.92 Å². The monoisotopic (exact) mass is 246 g/mol. The van der Waals surface area contributed by atoms with Crippen LogP contribution < -0.4 is 5.32 Å². The number of aryl methyl sites for hydroxylation is 1. The lowest BCUT2D eigenvalue weighted by molar-refractivity contribution is -0.142. The fourth-order valence-electron chi connectivity index (χ4n) is 2.47. The number of aromatic nitrogens is 2. The molecule has 2 aliphatic rings. The highest BCUT2D eigenvalue weighted by Gasteiger charge is 2.38. The van der Waals surface area contributed by atoms with Gasteiger partial charge < -0.3 is 10.2 Å². The molecule has 1 aromatic heterocycles. The van der Waals surface area contributed by atoms with E-state index in [9.17, 15) is 4.79 Å². The predicted molar refractivity (Wildman–Crippen MR) is 68.1 cm³/mol. The van der Waals surface area contributed by atoms with Crippen LogP contribution in [0.15, 0.2) is 12.4 Å². The average Bonchev–Trinajstić information content (AvgIpc) is 2.20. The molecule has 2 fully saturated rings. The highest BCUT2D eigenvalue weighted by Crippen LogP contribution is 2.32. The van der Waals surface area contributed by atoms with Gasteiger partial charge in [0.2, 0.25) is 5.91 Å². The predicted octanol–water partition coefficient (Wildman–Crippen LogP) is 1.21. The van der Waals surface area contributed by atoms with Gasteiger partial charge in [0.15, 0.2) is 0 Å². The van der Waals surface area contributed by atoms with Crippen LogP contribution in [0.5, 0.6) is 0 Å². The maximum absolute atomic E-state index is 11.9. The van der Waals surface area contributed by atoms with Gasteiger partial charge >= 0.3 is 0 Å². The standard InChI is InChI=1S/C13H18N4O/c1-9-5-12(15-8-14-9)16-11-6-10(7-11)13(18)17-3-2-4-17/h5,8,10-11H,2-4,6-7H2,1H3,(H,14,15,16)/t10-,11-. The first-order valence-electron chi connectivity index (χ1n) is 6.56. The lowest BCUT2D eigenvalue weighted by atomic mass is 9.79.